The standard InChI is InChI=1S/C20H25N3O4S/c1-27-19-9-5-8-18(14-19)21-20(24)15-22-10-12-23(13-11-22)28(25,26)16-17-6-3-2-4-7-17/h2-9,14H,10-13,15-16H2,1H3,(H,21,24). The van der Waals surface area contributed by atoms with Crippen molar-refractivity contribution >= 4 is 21.6 Å². The fourth-order valence-corrected chi connectivity index (χ4v) is 4.66. The van der Waals surface area contributed by atoms with Crippen LogP contribution in [-0.4, -0.2) is 63.4 Å². The van der Waals surface area contributed by atoms with E-state index < -0.39 is 10.0 Å². The Morgan fingerprint density at radius 1 is 1.04 bits per heavy atom. The molecule has 1 aliphatic rings. The molecular weight excluding hydrogens is 378 g/mol. The molecule has 0 radical (unpaired) electrons. The topological polar surface area (TPSA) is 79.0 Å². The fourth-order valence-electron chi connectivity index (χ4n) is 3.15. The van der Waals surface area contributed by atoms with E-state index in [-0.39, 0.29) is 18.2 Å². The number of piperazine rings is 1. The lowest BCUT2D eigenvalue weighted by Gasteiger charge is -2.33. The Kier molecular flexibility index (Phi) is 6.66. The van der Waals surface area contributed by atoms with Gasteiger partial charge in [0.25, 0.3) is 0 Å². The van der Waals surface area contributed by atoms with Crippen molar-refractivity contribution in [1.29, 1.82) is 0 Å². The number of anilines is 1. The molecule has 1 amide bonds. The van der Waals surface area contributed by atoms with Crippen molar-refractivity contribution in [3.05, 3.63) is 60.2 Å². The van der Waals surface area contributed by atoms with E-state index in [4.69, 9.17) is 4.74 Å². The van der Waals surface area contributed by atoms with E-state index >= 15 is 0 Å². The van der Waals surface area contributed by atoms with Crippen molar-refractivity contribution in [2.24, 2.45) is 0 Å². The van der Waals surface area contributed by atoms with E-state index in [1.54, 1.807) is 19.2 Å². The monoisotopic (exact) mass is 403 g/mol. The summed E-state index contributed by atoms with van der Waals surface area (Å²) in [7, 11) is -1.78. The zero-order valence-electron chi connectivity index (χ0n) is 15.9. The van der Waals surface area contributed by atoms with Gasteiger partial charge in [-0.25, -0.2) is 8.42 Å². The molecular formula is C20H25N3O4S. The number of hydrogen-bond acceptors (Lipinski definition) is 5. The minimum absolute atomic E-state index is 0.00413. The van der Waals surface area contributed by atoms with Crippen LogP contribution in [0.25, 0.3) is 0 Å². The number of amides is 1. The third-order valence-electron chi connectivity index (χ3n) is 4.64. The summed E-state index contributed by atoms with van der Waals surface area (Å²) in [6.07, 6.45) is 0. The quantitative estimate of drug-likeness (QED) is 0.762. The first-order chi connectivity index (χ1) is 13.5. The van der Waals surface area contributed by atoms with Crippen molar-refractivity contribution in [2.45, 2.75) is 5.75 Å². The molecule has 7 nitrogen and oxygen atoms in total. The van der Waals surface area contributed by atoms with Crippen LogP contribution in [0.4, 0.5) is 5.69 Å². The molecule has 1 N–H and O–H groups in total. The summed E-state index contributed by atoms with van der Waals surface area (Å²) in [4.78, 5) is 14.2. The third-order valence-corrected chi connectivity index (χ3v) is 6.49. The average Bonchev–Trinajstić information content (AvgIpc) is 2.69. The molecule has 8 heteroatoms. The van der Waals surface area contributed by atoms with Crippen LogP contribution in [0, 0.1) is 0 Å². The Bertz CT molecular complexity index is 895. The van der Waals surface area contributed by atoms with Gasteiger partial charge in [0.1, 0.15) is 5.75 Å². The van der Waals surface area contributed by atoms with Gasteiger partial charge in [-0.2, -0.15) is 4.31 Å². The van der Waals surface area contributed by atoms with Gasteiger partial charge >= 0.3 is 0 Å². The zero-order chi connectivity index (χ0) is 20.0. The predicted molar refractivity (Wildman–Crippen MR) is 109 cm³/mol. The predicted octanol–water partition coefficient (Wildman–Crippen LogP) is 1.78. The summed E-state index contributed by atoms with van der Waals surface area (Å²) in [5, 5.41) is 2.85. The molecule has 2 aromatic carbocycles. The van der Waals surface area contributed by atoms with Crippen LogP contribution in [-0.2, 0) is 20.6 Å². The molecule has 1 aliphatic heterocycles. The molecule has 0 unspecified atom stereocenters. The highest BCUT2D eigenvalue weighted by atomic mass is 32.2. The molecule has 2 aromatic rings. The number of nitrogens with zero attached hydrogens (tertiary/aromatic N) is 2. The second kappa shape index (κ2) is 9.18. The second-order valence-corrected chi connectivity index (χ2v) is 8.67. The van der Waals surface area contributed by atoms with E-state index in [9.17, 15) is 13.2 Å². The van der Waals surface area contributed by atoms with Gasteiger partial charge < -0.3 is 10.1 Å². The van der Waals surface area contributed by atoms with Crippen LogP contribution >= 0.6 is 0 Å². The molecule has 1 heterocycles. The number of carbonyl (C=O) groups excluding carboxylic acids is 1. The lowest BCUT2D eigenvalue weighted by molar-refractivity contribution is -0.117. The number of nitrogens with one attached hydrogen (secondary N) is 1. The van der Waals surface area contributed by atoms with Gasteiger partial charge in [0.15, 0.2) is 0 Å². The van der Waals surface area contributed by atoms with E-state index in [2.05, 4.69) is 5.32 Å². The molecule has 0 aliphatic carbocycles. The Labute approximate surface area is 166 Å². The lowest BCUT2D eigenvalue weighted by Crippen LogP contribution is -2.50. The highest BCUT2D eigenvalue weighted by Crippen LogP contribution is 2.17. The molecule has 0 saturated carbocycles. The minimum atomic E-state index is -3.35. The van der Waals surface area contributed by atoms with Crippen molar-refractivity contribution in [2.75, 3.05) is 45.2 Å². The molecule has 0 atom stereocenters. The van der Waals surface area contributed by atoms with Crippen molar-refractivity contribution < 1.29 is 17.9 Å². The average molecular weight is 404 g/mol. The SMILES string of the molecule is COc1cccc(NC(=O)CN2CCN(S(=O)(=O)Cc3ccccc3)CC2)c1. The number of benzene rings is 2. The van der Waals surface area contributed by atoms with Gasteiger partial charge in [0.2, 0.25) is 15.9 Å². The zero-order valence-corrected chi connectivity index (χ0v) is 16.7. The van der Waals surface area contributed by atoms with E-state index in [0.717, 1.165) is 5.56 Å². The van der Waals surface area contributed by atoms with Crippen molar-refractivity contribution in [3.63, 3.8) is 0 Å². The first-order valence-electron chi connectivity index (χ1n) is 9.14. The smallest absolute Gasteiger partial charge is 0.238 e. The van der Waals surface area contributed by atoms with Gasteiger partial charge in [-0.1, -0.05) is 36.4 Å². The van der Waals surface area contributed by atoms with Crippen molar-refractivity contribution in [3.8, 4) is 5.75 Å². The highest BCUT2D eigenvalue weighted by Gasteiger charge is 2.27. The second-order valence-electron chi connectivity index (χ2n) is 6.70. The summed E-state index contributed by atoms with van der Waals surface area (Å²) in [5.41, 5.74) is 1.45. The van der Waals surface area contributed by atoms with Gasteiger partial charge in [0, 0.05) is 37.9 Å². The molecule has 1 fully saturated rings. The van der Waals surface area contributed by atoms with Crippen LogP contribution in [0.5, 0.6) is 5.75 Å². The van der Waals surface area contributed by atoms with Crippen LogP contribution in [0.2, 0.25) is 0 Å². The van der Waals surface area contributed by atoms with Crippen LogP contribution in [0.3, 0.4) is 0 Å². The van der Waals surface area contributed by atoms with Crippen LogP contribution in [0.1, 0.15) is 5.56 Å². The van der Waals surface area contributed by atoms with E-state index in [1.165, 1.54) is 4.31 Å². The number of hydrogen-bond donors (Lipinski definition) is 1. The molecule has 0 spiro atoms. The van der Waals surface area contributed by atoms with Gasteiger partial charge in [-0.05, 0) is 17.7 Å². The molecule has 3 rings (SSSR count). The Morgan fingerprint density at radius 3 is 2.43 bits per heavy atom. The van der Waals surface area contributed by atoms with E-state index in [0.29, 0.717) is 37.6 Å². The molecule has 150 valence electrons. The fraction of sp³-hybridized carbons (Fsp3) is 0.350. The van der Waals surface area contributed by atoms with Crippen LogP contribution in [0.15, 0.2) is 54.6 Å². The van der Waals surface area contributed by atoms with Gasteiger partial charge in [-0.15, -0.1) is 0 Å². The summed E-state index contributed by atoms with van der Waals surface area (Å²) in [6.45, 7) is 2.06. The van der Waals surface area contributed by atoms with Crippen molar-refractivity contribution in [1.82, 2.24) is 9.21 Å². The van der Waals surface area contributed by atoms with Gasteiger partial charge in [0.05, 0.1) is 19.4 Å². The maximum atomic E-state index is 12.6. The van der Waals surface area contributed by atoms with Crippen LogP contribution < -0.4 is 10.1 Å². The van der Waals surface area contributed by atoms with E-state index in [1.807, 2.05) is 47.4 Å². The maximum Gasteiger partial charge on any atom is 0.238 e. The molecule has 1 saturated heterocycles. The lowest BCUT2D eigenvalue weighted by atomic mass is 10.2. The first-order valence-corrected chi connectivity index (χ1v) is 10.8. The maximum absolute atomic E-state index is 12.6. The number of sulfonamides is 1. The normalized spacial score (nSPS) is 15.9. The summed E-state index contributed by atoms with van der Waals surface area (Å²) < 4.78 is 31.9. The number of rotatable bonds is 7. The number of ether oxygens (including phenoxy) is 1. The van der Waals surface area contributed by atoms with Gasteiger partial charge in [-0.3, -0.25) is 9.69 Å². The molecule has 0 bridgehead atoms. The minimum Gasteiger partial charge on any atom is -0.497 e. The summed E-state index contributed by atoms with van der Waals surface area (Å²) in [5.74, 6) is 0.549. The Balaban J connectivity index is 1.48. The number of carbonyl (C=O) groups is 1. The Hall–Kier alpha value is -2.42. The summed E-state index contributed by atoms with van der Waals surface area (Å²) >= 11 is 0. The highest BCUT2D eigenvalue weighted by molar-refractivity contribution is 7.88. The number of methoxy groups -OCH3 is 1. The molecule has 0 aromatic heterocycles. The first kappa shape index (κ1) is 20.3. The third kappa shape index (κ3) is 5.54. The Morgan fingerprint density at radius 2 is 1.75 bits per heavy atom. The summed E-state index contributed by atoms with van der Waals surface area (Å²) in [6, 6.07) is 16.3. The molecule has 28 heavy (non-hydrogen) atoms. The largest absolute Gasteiger partial charge is 0.497 e.